The van der Waals surface area contributed by atoms with Crippen molar-refractivity contribution in [3.8, 4) is 0 Å². The minimum absolute atomic E-state index is 0.231. The summed E-state index contributed by atoms with van der Waals surface area (Å²) >= 11 is 0. The zero-order valence-electron chi connectivity index (χ0n) is 7.83. The number of rotatable bonds is 1. The third kappa shape index (κ3) is 2.88. The number of sulfone groups is 1. The number of hydrogen-bond acceptors (Lipinski definition) is 4. The maximum atomic E-state index is 12.3. The molecule has 1 aromatic rings. The molecule has 0 aromatic carbocycles. The molecule has 0 unspecified atom stereocenters. The monoisotopic (exact) mass is 240 g/mol. The van der Waals surface area contributed by atoms with Crippen molar-refractivity contribution in [2.75, 3.05) is 6.26 Å². The molecule has 1 rings (SSSR count). The molecule has 0 spiro atoms. The van der Waals surface area contributed by atoms with Crippen molar-refractivity contribution in [3.05, 3.63) is 17.6 Å². The molecular formula is C7H7F3N2O2S. The number of halogens is 3. The highest BCUT2D eigenvalue weighted by atomic mass is 32.2. The lowest BCUT2D eigenvalue weighted by Crippen LogP contribution is -2.13. The van der Waals surface area contributed by atoms with Gasteiger partial charge in [0.1, 0.15) is 11.5 Å². The molecule has 0 saturated heterocycles. The summed E-state index contributed by atoms with van der Waals surface area (Å²) in [7, 11) is -3.76. The lowest BCUT2D eigenvalue weighted by molar-refractivity contribution is -0.141. The van der Waals surface area contributed by atoms with Gasteiger partial charge in [-0.05, 0) is 6.92 Å². The molecule has 0 aliphatic rings. The van der Waals surface area contributed by atoms with Gasteiger partial charge in [-0.1, -0.05) is 0 Å². The summed E-state index contributed by atoms with van der Waals surface area (Å²) in [4.78, 5) is 6.54. The van der Waals surface area contributed by atoms with Crippen molar-refractivity contribution in [2.45, 2.75) is 18.1 Å². The van der Waals surface area contributed by atoms with Crippen LogP contribution in [0.2, 0.25) is 0 Å². The van der Waals surface area contributed by atoms with E-state index in [0.717, 1.165) is 6.26 Å². The average Bonchev–Trinajstić information content (AvgIpc) is 1.99. The Bertz CT molecular complexity index is 481. The van der Waals surface area contributed by atoms with Crippen LogP contribution in [0.3, 0.4) is 0 Å². The van der Waals surface area contributed by atoms with Crippen LogP contribution < -0.4 is 0 Å². The molecule has 1 aromatic heterocycles. The molecule has 0 fully saturated rings. The highest BCUT2D eigenvalue weighted by Gasteiger charge is 2.34. The highest BCUT2D eigenvalue weighted by molar-refractivity contribution is 7.90. The van der Waals surface area contributed by atoms with E-state index in [9.17, 15) is 21.6 Å². The summed E-state index contributed by atoms with van der Waals surface area (Å²) in [5.74, 6) is -0.231. The molecule has 4 nitrogen and oxygen atoms in total. The Labute approximate surface area is 84.1 Å². The van der Waals surface area contributed by atoms with Crippen LogP contribution in [-0.4, -0.2) is 24.6 Å². The largest absolute Gasteiger partial charge is 0.433 e. The van der Waals surface area contributed by atoms with Gasteiger partial charge in [-0.15, -0.1) is 0 Å². The van der Waals surface area contributed by atoms with E-state index in [1.54, 1.807) is 0 Å². The summed E-state index contributed by atoms with van der Waals surface area (Å²) in [5.41, 5.74) is -1.25. The zero-order valence-corrected chi connectivity index (χ0v) is 8.65. The molecular weight excluding hydrogens is 233 g/mol. The fourth-order valence-electron chi connectivity index (χ4n) is 0.875. The standard InChI is InChI=1S/C7H7F3N2O2S/c1-4-11-5(7(8,9)10)3-6(12-4)15(2,13)14/h3H,1-2H3. The molecule has 15 heavy (non-hydrogen) atoms. The van der Waals surface area contributed by atoms with E-state index in [2.05, 4.69) is 9.97 Å². The predicted molar refractivity (Wildman–Crippen MR) is 44.9 cm³/mol. The Balaban J connectivity index is 3.43. The second-order valence-corrected chi connectivity index (χ2v) is 4.87. The smallest absolute Gasteiger partial charge is 0.229 e. The Kier molecular flexibility index (Phi) is 2.73. The fourth-order valence-corrected chi connectivity index (χ4v) is 1.50. The second kappa shape index (κ2) is 3.44. The quantitative estimate of drug-likeness (QED) is 0.692. The molecule has 0 aliphatic carbocycles. The molecule has 0 radical (unpaired) electrons. The van der Waals surface area contributed by atoms with Gasteiger partial charge >= 0.3 is 6.18 Å². The average molecular weight is 240 g/mol. The van der Waals surface area contributed by atoms with Gasteiger partial charge in [0, 0.05) is 12.3 Å². The van der Waals surface area contributed by atoms with Crippen LogP contribution in [0.15, 0.2) is 11.1 Å². The normalized spacial score (nSPS) is 12.9. The van der Waals surface area contributed by atoms with Crippen molar-refractivity contribution in [2.24, 2.45) is 0 Å². The van der Waals surface area contributed by atoms with Crippen molar-refractivity contribution in [1.82, 2.24) is 9.97 Å². The van der Waals surface area contributed by atoms with Crippen molar-refractivity contribution >= 4 is 9.84 Å². The lowest BCUT2D eigenvalue weighted by Gasteiger charge is -2.07. The number of aryl methyl sites for hydroxylation is 1. The highest BCUT2D eigenvalue weighted by Crippen LogP contribution is 2.28. The summed E-state index contributed by atoms with van der Waals surface area (Å²) in [5, 5.41) is -0.623. The van der Waals surface area contributed by atoms with Crippen LogP contribution >= 0.6 is 0 Å². The van der Waals surface area contributed by atoms with Gasteiger partial charge < -0.3 is 0 Å². The topological polar surface area (TPSA) is 59.9 Å². The van der Waals surface area contributed by atoms with Gasteiger partial charge in [-0.2, -0.15) is 13.2 Å². The molecule has 0 amide bonds. The number of alkyl halides is 3. The van der Waals surface area contributed by atoms with Crippen molar-refractivity contribution in [3.63, 3.8) is 0 Å². The summed E-state index contributed by atoms with van der Waals surface area (Å²) < 4.78 is 58.8. The zero-order chi connectivity index (χ0) is 11.9. The maximum Gasteiger partial charge on any atom is 0.433 e. The van der Waals surface area contributed by atoms with E-state index in [4.69, 9.17) is 0 Å². The SMILES string of the molecule is Cc1nc(C(F)(F)F)cc(S(C)(=O)=O)n1. The van der Waals surface area contributed by atoms with Gasteiger partial charge in [0.05, 0.1) is 0 Å². The first kappa shape index (κ1) is 11.9. The first-order chi connectivity index (χ1) is 6.60. The Hall–Kier alpha value is -1.18. The van der Waals surface area contributed by atoms with Crippen LogP contribution in [-0.2, 0) is 16.0 Å². The third-order valence-electron chi connectivity index (χ3n) is 1.48. The van der Waals surface area contributed by atoms with Crippen molar-refractivity contribution < 1.29 is 21.6 Å². The van der Waals surface area contributed by atoms with Crippen LogP contribution in [0.5, 0.6) is 0 Å². The summed E-state index contributed by atoms with van der Waals surface area (Å²) in [6.07, 6.45) is -3.89. The molecule has 84 valence electrons. The van der Waals surface area contributed by atoms with Gasteiger partial charge in [-0.3, -0.25) is 0 Å². The van der Waals surface area contributed by atoms with E-state index >= 15 is 0 Å². The second-order valence-electron chi connectivity index (χ2n) is 2.91. The van der Waals surface area contributed by atoms with Gasteiger partial charge in [0.25, 0.3) is 0 Å². The molecule has 0 N–H and O–H groups in total. The molecule has 1 heterocycles. The predicted octanol–water partition coefficient (Wildman–Crippen LogP) is 1.21. The van der Waals surface area contributed by atoms with Crippen molar-refractivity contribution in [1.29, 1.82) is 0 Å². The third-order valence-corrected chi connectivity index (χ3v) is 2.45. The summed E-state index contributed by atoms with van der Waals surface area (Å²) in [6, 6.07) is 0.419. The first-order valence-corrected chi connectivity index (χ1v) is 5.63. The first-order valence-electron chi connectivity index (χ1n) is 3.73. The van der Waals surface area contributed by atoms with Gasteiger partial charge in [0.2, 0.25) is 0 Å². The Morgan fingerprint density at radius 3 is 2.20 bits per heavy atom. The molecule has 0 aliphatic heterocycles. The molecule has 0 bridgehead atoms. The molecule has 0 atom stereocenters. The minimum atomic E-state index is -4.67. The number of hydrogen-bond donors (Lipinski definition) is 0. The fraction of sp³-hybridized carbons (Fsp3) is 0.429. The number of nitrogens with zero attached hydrogens (tertiary/aromatic N) is 2. The van der Waals surface area contributed by atoms with E-state index in [1.165, 1.54) is 6.92 Å². The van der Waals surface area contributed by atoms with Crippen LogP contribution in [0.4, 0.5) is 13.2 Å². The maximum absolute atomic E-state index is 12.3. The van der Waals surface area contributed by atoms with Crippen LogP contribution in [0.25, 0.3) is 0 Å². The van der Waals surface area contributed by atoms with Gasteiger partial charge in [0.15, 0.2) is 14.9 Å². The van der Waals surface area contributed by atoms with E-state index in [-0.39, 0.29) is 5.82 Å². The Morgan fingerprint density at radius 1 is 1.27 bits per heavy atom. The van der Waals surface area contributed by atoms with Crippen LogP contribution in [0.1, 0.15) is 11.5 Å². The lowest BCUT2D eigenvalue weighted by atomic mass is 10.4. The Morgan fingerprint density at radius 2 is 1.80 bits per heavy atom. The van der Waals surface area contributed by atoms with E-state index in [1.807, 2.05) is 0 Å². The molecule has 8 heteroatoms. The van der Waals surface area contributed by atoms with E-state index < -0.39 is 26.7 Å². The number of aromatic nitrogens is 2. The van der Waals surface area contributed by atoms with Crippen LogP contribution in [0, 0.1) is 6.92 Å². The summed E-state index contributed by atoms with van der Waals surface area (Å²) in [6.45, 7) is 1.20. The van der Waals surface area contributed by atoms with E-state index in [0.29, 0.717) is 6.07 Å². The van der Waals surface area contributed by atoms with Gasteiger partial charge in [-0.25, -0.2) is 18.4 Å². The molecule has 0 saturated carbocycles. The minimum Gasteiger partial charge on any atom is -0.229 e.